The average molecular weight is 221 g/mol. The van der Waals surface area contributed by atoms with E-state index >= 15 is 0 Å². The van der Waals surface area contributed by atoms with Gasteiger partial charge in [-0.2, -0.15) is 4.99 Å². The standard InChI is InChI=1S/C12H15NOS/c1-12(2,13-8-14)10-7-15-11-6-4-3-5-9(10)11/h7H,3-6H2,1-2H3. The van der Waals surface area contributed by atoms with Gasteiger partial charge in [-0.05, 0) is 56.0 Å². The largest absolute Gasteiger partial charge is 0.235 e. The van der Waals surface area contributed by atoms with Crippen molar-refractivity contribution in [3.8, 4) is 0 Å². The smallest absolute Gasteiger partial charge is 0.211 e. The van der Waals surface area contributed by atoms with E-state index in [0.29, 0.717) is 0 Å². The number of hydrogen-bond acceptors (Lipinski definition) is 3. The van der Waals surface area contributed by atoms with E-state index in [1.54, 1.807) is 6.08 Å². The van der Waals surface area contributed by atoms with Crippen molar-refractivity contribution in [2.75, 3.05) is 0 Å². The normalized spacial score (nSPS) is 15.6. The molecule has 0 unspecified atom stereocenters. The number of carbonyl (C=O) groups excluding carboxylic acids is 1. The molecule has 1 heterocycles. The van der Waals surface area contributed by atoms with E-state index in [0.717, 1.165) is 6.42 Å². The summed E-state index contributed by atoms with van der Waals surface area (Å²) in [5.74, 6) is 0. The molecular formula is C12H15NOS. The van der Waals surface area contributed by atoms with Gasteiger partial charge in [0.2, 0.25) is 6.08 Å². The highest BCUT2D eigenvalue weighted by Crippen LogP contribution is 2.37. The van der Waals surface area contributed by atoms with Crippen LogP contribution < -0.4 is 0 Å². The molecule has 0 saturated carbocycles. The first-order valence-corrected chi connectivity index (χ1v) is 6.22. The summed E-state index contributed by atoms with van der Waals surface area (Å²) < 4.78 is 0. The fraction of sp³-hybridized carbons (Fsp3) is 0.583. The molecule has 1 aromatic rings. The molecular weight excluding hydrogens is 206 g/mol. The van der Waals surface area contributed by atoms with Crippen molar-refractivity contribution in [3.05, 3.63) is 21.4 Å². The zero-order valence-electron chi connectivity index (χ0n) is 9.17. The van der Waals surface area contributed by atoms with Gasteiger partial charge in [0, 0.05) is 4.88 Å². The van der Waals surface area contributed by atoms with E-state index in [9.17, 15) is 4.79 Å². The first-order valence-electron chi connectivity index (χ1n) is 5.34. The highest BCUT2D eigenvalue weighted by Gasteiger charge is 2.27. The number of isocyanates is 1. The van der Waals surface area contributed by atoms with Gasteiger partial charge in [-0.3, -0.25) is 0 Å². The molecule has 0 N–H and O–H groups in total. The van der Waals surface area contributed by atoms with Crippen LogP contribution in [0.3, 0.4) is 0 Å². The zero-order valence-corrected chi connectivity index (χ0v) is 9.99. The van der Waals surface area contributed by atoms with Crippen molar-refractivity contribution in [2.45, 2.75) is 45.1 Å². The van der Waals surface area contributed by atoms with Gasteiger partial charge in [-0.15, -0.1) is 11.3 Å². The van der Waals surface area contributed by atoms with Crippen LogP contribution in [-0.2, 0) is 23.2 Å². The quantitative estimate of drug-likeness (QED) is 0.557. The Balaban J connectivity index is 2.44. The number of aryl methyl sites for hydroxylation is 1. The summed E-state index contributed by atoms with van der Waals surface area (Å²) in [4.78, 5) is 15.8. The predicted molar refractivity (Wildman–Crippen MR) is 62.1 cm³/mol. The van der Waals surface area contributed by atoms with E-state index in [1.165, 1.54) is 35.3 Å². The molecule has 15 heavy (non-hydrogen) atoms. The first kappa shape index (κ1) is 10.6. The number of fused-ring (bicyclic) bond motifs is 1. The Hall–Kier alpha value is -0.920. The zero-order chi connectivity index (χ0) is 10.9. The Labute approximate surface area is 94.0 Å². The van der Waals surface area contributed by atoms with Crippen molar-refractivity contribution in [2.24, 2.45) is 4.99 Å². The number of hydrogen-bond donors (Lipinski definition) is 0. The molecule has 0 aliphatic heterocycles. The molecule has 0 amide bonds. The monoisotopic (exact) mass is 221 g/mol. The number of thiophene rings is 1. The maximum Gasteiger partial charge on any atom is 0.235 e. The van der Waals surface area contributed by atoms with Crippen LogP contribution in [0.2, 0.25) is 0 Å². The van der Waals surface area contributed by atoms with Crippen LogP contribution in [0.25, 0.3) is 0 Å². The van der Waals surface area contributed by atoms with Crippen molar-refractivity contribution in [1.82, 2.24) is 0 Å². The van der Waals surface area contributed by atoms with Gasteiger partial charge < -0.3 is 0 Å². The van der Waals surface area contributed by atoms with E-state index in [1.807, 2.05) is 25.2 Å². The maximum absolute atomic E-state index is 10.4. The minimum absolute atomic E-state index is 0.400. The van der Waals surface area contributed by atoms with Gasteiger partial charge >= 0.3 is 0 Å². The Morgan fingerprint density at radius 3 is 2.87 bits per heavy atom. The van der Waals surface area contributed by atoms with Gasteiger partial charge in [0.05, 0.1) is 5.54 Å². The topological polar surface area (TPSA) is 29.4 Å². The fourth-order valence-electron chi connectivity index (χ4n) is 2.18. The summed E-state index contributed by atoms with van der Waals surface area (Å²) in [7, 11) is 0. The molecule has 0 spiro atoms. The average Bonchev–Trinajstić information content (AvgIpc) is 2.61. The maximum atomic E-state index is 10.4. The fourth-order valence-corrected chi connectivity index (χ4v) is 3.49. The summed E-state index contributed by atoms with van der Waals surface area (Å²) in [5.41, 5.74) is 2.27. The summed E-state index contributed by atoms with van der Waals surface area (Å²) in [5, 5.41) is 2.16. The van der Waals surface area contributed by atoms with Crippen molar-refractivity contribution >= 4 is 17.4 Å². The van der Waals surface area contributed by atoms with Crippen LogP contribution in [0.1, 0.15) is 42.7 Å². The molecule has 1 aliphatic rings. The van der Waals surface area contributed by atoms with Crippen LogP contribution in [0.4, 0.5) is 0 Å². The number of rotatable bonds is 2. The van der Waals surface area contributed by atoms with Crippen molar-refractivity contribution in [1.29, 1.82) is 0 Å². The van der Waals surface area contributed by atoms with Crippen LogP contribution in [0, 0.1) is 0 Å². The molecule has 80 valence electrons. The molecule has 0 radical (unpaired) electrons. The van der Waals surface area contributed by atoms with Crippen LogP contribution >= 0.6 is 11.3 Å². The van der Waals surface area contributed by atoms with E-state index in [4.69, 9.17) is 0 Å². The predicted octanol–water partition coefficient (Wildman–Crippen LogP) is 3.20. The molecule has 1 aromatic heterocycles. The number of nitrogens with zero attached hydrogens (tertiary/aromatic N) is 1. The van der Waals surface area contributed by atoms with Gasteiger partial charge in [0.1, 0.15) is 0 Å². The molecule has 2 rings (SSSR count). The second-order valence-corrected chi connectivity index (χ2v) is 5.48. The molecule has 1 aliphatic carbocycles. The summed E-state index contributed by atoms with van der Waals surface area (Å²) in [6.45, 7) is 3.96. The van der Waals surface area contributed by atoms with Gasteiger partial charge in [0.25, 0.3) is 0 Å². The lowest BCUT2D eigenvalue weighted by Gasteiger charge is -2.21. The molecule has 0 saturated heterocycles. The van der Waals surface area contributed by atoms with Crippen molar-refractivity contribution < 1.29 is 4.79 Å². The number of aliphatic imine (C=N–C) groups is 1. The molecule has 0 bridgehead atoms. The third-order valence-corrected chi connectivity index (χ3v) is 4.13. The highest BCUT2D eigenvalue weighted by atomic mass is 32.1. The Kier molecular flexibility index (Phi) is 2.76. The summed E-state index contributed by atoms with van der Waals surface area (Å²) >= 11 is 1.81. The Bertz CT molecular complexity index is 413. The molecule has 0 fully saturated rings. The molecule has 3 heteroatoms. The summed E-state index contributed by atoms with van der Waals surface area (Å²) in [6, 6.07) is 0. The molecule has 0 aromatic carbocycles. The second-order valence-electron chi connectivity index (χ2n) is 4.52. The lowest BCUT2D eigenvalue weighted by molar-refractivity contribution is 0.518. The van der Waals surface area contributed by atoms with E-state index in [-0.39, 0.29) is 0 Å². The van der Waals surface area contributed by atoms with Crippen LogP contribution in [-0.4, -0.2) is 6.08 Å². The third kappa shape index (κ3) is 1.90. The minimum Gasteiger partial charge on any atom is -0.211 e. The SMILES string of the molecule is CC(C)(N=C=O)c1csc2c1CCCC2. The third-order valence-electron chi connectivity index (χ3n) is 3.05. The molecule has 2 nitrogen and oxygen atoms in total. The van der Waals surface area contributed by atoms with Crippen molar-refractivity contribution in [3.63, 3.8) is 0 Å². The summed E-state index contributed by atoms with van der Waals surface area (Å²) in [6.07, 6.45) is 6.58. The lowest BCUT2D eigenvalue weighted by atomic mass is 9.87. The Morgan fingerprint density at radius 2 is 2.13 bits per heavy atom. The van der Waals surface area contributed by atoms with Crippen LogP contribution in [0.15, 0.2) is 10.4 Å². The van der Waals surface area contributed by atoms with Gasteiger partial charge in [0.15, 0.2) is 0 Å². The van der Waals surface area contributed by atoms with Crippen LogP contribution in [0.5, 0.6) is 0 Å². The Morgan fingerprint density at radius 1 is 1.40 bits per heavy atom. The van der Waals surface area contributed by atoms with E-state index < -0.39 is 5.54 Å². The first-order chi connectivity index (χ1) is 7.15. The minimum atomic E-state index is -0.400. The van der Waals surface area contributed by atoms with E-state index in [2.05, 4.69) is 10.4 Å². The highest BCUT2D eigenvalue weighted by molar-refractivity contribution is 7.10. The van der Waals surface area contributed by atoms with Gasteiger partial charge in [-0.25, -0.2) is 4.79 Å². The molecule has 0 atom stereocenters. The van der Waals surface area contributed by atoms with Gasteiger partial charge in [-0.1, -0.05) is 0 Å². The second kappa shape index (κ2) is 3.92. The lowest BCUT2D eigenvalue weighted by Crippen LogP contribution is -2.16.